The quantitative estimate of drug-likeness (QED) is 0.277. The molecular weight excluding hydrogens is 220 g/mol. The van der Waals surface area contributed by atoms with Crippen molar-refractivity contribution in [3.05, 3.63) is 0 Å². The highest BCUT2D eigenvalue weighted by Gasteiger charge is 2.17. The molecule has 1 atom stereocenters. The zero-order chi connectivity index (χ0) is 13.1. The number of ether oxygens (including phenoxy) is 2. The number of nitrogens with one attached hydrogen (secondary N) is 1. The second-order valence-electron chi connectivity index (χ2n) is 3.84. The molecule has 0 spiro atoms. The summed E-state index contributed by atoms with van der Waals surface area (Å²) in [5, 5.41) is 0. The molecule has 0 aromatic carbocycles. The van der Waals surface area contributed by atoms with Gasteiger partial charge in [-0.1, -0.05) is 6.92 Å². The molecule has 17 heavy (non-hydrogen) atoms. The van der Waals surface area contributed by atoms with Crippen molar-refractivity contribution < 1.29 is 9.47 Å². The summed E-state index contributed by atoms with van der Waals surface area (Å²) in [6.45, 7) is 6.88. The number of hydrogen-bond donors (Lipinski definition) is 2. The molecule has 0 aromatic heterocycles. The Balaban J connectivity index is 4.60. The van der Waals surface area contributed by atoms with Crippen LogP contribution in [0.5, 0.6) is 0 Å². The van der Waals surface area contributed by atoms with E-state index in [0.29, 0.717) is 19.2 Å². The first kappa shape index (κ1) is 16.1. The maximum atomic E-state index is 5.52. The Labute approximate surface area is 104 Å². The molecule has 0 radical (unpaired) electrons. The van der Waals surface area contributed by atoms with Gasteiger partial charge in [-0.15, -0.1) is 0 Å². The van der Waals surface area contributed by atoms with Crippen molar-refractivity contribution in [2.45, 2.75) is 26.3 Å². The van der Waals surface area contributed by atoms with Crippen LogP contribution in [-0.4, -0.2) is 57.4 Å². The van der Waals surface area contributed by atoms with Crippen LogP contribution in [0, 0.1) is 0 Å². The summed E-state index contributed by atoms with van der Waals surface area (Å²) in [5.41, 5.74) is 2.65. The molecule has 1 unspecified atom stereocenters. The monoisotopic (exact) mass is 246 g/mol. The largest absolute Gasteiger partial charge is 0.383 e. The molecule has 6 heteroatoms. The van der Waals surface area contributed by atoms with Gasteiger partial charge < -0.3 is 14.4 Å². The molecule has 102 valence electrons. The highest BCUT2D eigenvalue weighted by Crippen LogP contribution is 2.01. The maximum absolute atomic E-state index is 5.52. The number of guanidine groups is 1. The van der Waals surface area contributed by atoms with Gasteiger partial charge in [-0.2, -0.15) is 0 Å². The van der Waals surface area contributed by atoms with Crippen molar-refractivity contribution in [3.63, 3.8) is 0 Å². The molecule has 3 N–H and O–H groups in total. The molecular formula is C11H26N4O2. The Morgan fingerprint density at radius 2 is 2.12 bits per heavy atom. The van der Waals surface area contributed by atoms with Crippen LogP contribution in [0.2, 0.25) is 0 Å². The van der Waals surface area contributed by atoms with E-state index in [1.54, 1.807) is 14.2 Å². The van der Waals surface area contributed by atoms with Crippen LogP contribution < -0.4 is 11.3 Å². The number of nitrogens with zero attached hydrogens (tertiary/aromatic N) is 2. The predicted octanol–water partition coefficient (Wildman–Crippen LogP) is 0.199. The van der Waals surface area contributed by atoms with E-state index in [2.05, 4.69) is 29.2 Å². The summed E-state index contributed by atoms with van der Waals surface area (Å²) in [4.78, 5) is 6.47. The standard InChI is InChI=1S/C11H26N4O2/c1-5-6-13-11(14-12)15(7-8-16-3)10(2)9-17-4/h10H,5-9,12H2,1-4H3,(H,13,14). The van der Waals surface area contributed by atoms with Crippen LogP contribution in [0.4, 0.5) is 0 Å². The highest BCUT2D eigenvalue weighted by molar-refractivity contribution is 5.79. The third kappa shape index (κ3) is 6.45. The smallest absolute Gasteiger partial charge is 0.208 e. The second kappa shape index (κ2) is 10.3. The Bertz CT molecular complexity index is 212. The minimum absolute atomic E-state index is 0.196. The lowest BCUT2D eigenvalue weighted by Gasteiger charge is -2.31. The van der Waals surface area contributed by atoms with Gasteiger partial charge in [-0.05, 0) is 13.3 Å². The molecule has 0 rings (SSSR count). The van der Waals surface area contributed by atoms with E-state index in [-0.39, 0.29) is 6.04 Å². The third-order valence-corrected chi connectivity index (χ3v) is 2.36. The molecule has 0 saturated carbocycles. The van der Waals surface area contributed by atoms with E-state index in [0.717, 1.165) is 19.5 Å². The summed E-state index contributed by atoms with van der Waals surface area (Å²) in [6, 6.07) is 0.196. The molecule has 0 heterocycles. The number of methoxy groups -OCH3 is 2. The topological polar surface area (TPSA) is 72.1 Å². The zero-order valence-corrected chi connectivity index (χ0v) is 11.4. The van der Waals surface area contributed by atoms with Gasteiger partial charge in [0.2, 0.25) is 5.96 Å². The number of aliphatic imine (C=N–C) groups is 1. The maximum Gasteiger partial charge on any atom is 0.208 e. The summed E-state index contributed by atoms with van der Waals surface area (Å²) in [6.07, 6.45) is 0.988. The number of rotatable bonds is 8. The van der Waals surface area contributed by atoms with Crippen LogP contribution in [0.25, 0.3) is 0 Å². The lowest BCUT2D eigenvalue weighted by Crippen LogP contribution is -2.51. The van der Waals surface area contributed by atoms with E-state index in [1.807, 2.05) is 0 Å². The van der Waals surface area contributed by atoms with Gasteiger partial charge in [0.15, 0.2) is 0 Å². The molecule has 0 aromatic rings. The van der Waals surface area contributed by atoms with Gasteiger partial charge in [0, 0.05) is 27.3 Å². The Kier molecular flexibility index (Phi) is 9.80. The average Bonchev–Trinajstić information content (AvgIpc) is 2.33. The van der Waals surface area contributed by atoms with E-state index in [9.17, 15) is 0 Å². The second-order valence-corrected chi connectivity index (χ2v) is 3.84. The zero-order valence-electron chi connectivity index (χ0n) is 11.4. The Morgan fingerprint density at radius 1 is 1.41 bits per heavy atom. The summed E-state index contributed by atoms with van der Waals surface area (Å²) in [7, 11) is 3.36. The van der Waals surface area contributed by atoms with Crippen molar-refractivity contribution in [2.75, 3.05) is 40.5 Å². The molecule has 0 aliphatic carbocycles. The fourth-order valence-corrected chi connectivity index (χ4v) is 1.49. The normalized spacial score (nSPS) is 13.6. The van der Waals surface area contributed by atoms with Crippen molar-refractivity contribution in [3.8, 4) is 0 Å². The molecule has 6 nitrogen and oxygen atoms in total. The minimum Gasteiger partial charge on any atom is -0.383 e. The van der Waals surface area contributed by atoms with Crippen LogP contribution in [0.15, 0.2) is 4.99 Å². The van der Waals surface area contributed by atoms with Crippen molar-refractivity contribution in [2.24, 2.45) is 10.8 Å². The van der Waals surface area contributed by atoms with Gasteiger partial charge in [-0.25, -0.2) is 5.84 Å². The Hall–Kier alpha value is -0.850. The fourth-order valence-electron chi connectivity index (χ4n) is 1.49. The van der Waals surface area contributed by atoms with Crippen LogP contribution in [0.3, 0.4) is 0 Å². The van der Waals surface area contributed by atoms with Crippen molar-refractivity contribution in [1.29, 1.82) is 0 Å². The first-order chi connectivity index (χ1) is 8.21. The molecule has 0 bridgehead atoms. The Morgan fingerprint density at radius 3 is 2.59 bits per heavy atom. The number of hydrogen-bond acceptors (Lipinski definition) is 4. The van der Waals surface area contributed by atoms with Crippen molar-refractivity contribution in [1.82, 2.24) is 10.3 Å². The van der Waals surface area contributed by atoms with Gasteiger partial charge >= 0.3 is 0 Å². The van der Waals surface area contributed by atoms with Gasteiger partial charge in [0.05, 0.1) is 19.3 Å². The van der Waals surface area contributed by atoms with Gasteiger partial charge in [0.25, 0.3) is 0 Å². The average molecular weight is 246 g/mol. The van der Waals surface area contributed by atoms with Crippen LogP contribution in [0.1, 0.15) is 20.3 Å². The van der Waals surface area contributed by atoms with Gasteiger partial charge in [-0.3, -0.25) is 10.4 Å². The number of nitrogens with two attached hydrogens (primary N) is 1. The molecule has 0 amide bonds. The van der Waals surface area contributed by atoms with Gasteiger partial charge in [0.1, 0.15) is 0 Å². The number of hydrazine groups is 1. The fraction of sp³-hybridized carbons (Fsp3) is 0.909. The van der Waals surface area contributed by atoms with E-state index in [1.165, 1.54) is 0 Å². The van der Waals surface area contributed by atoms with Crippen LogP contribution in [-0.2, 0) is 9.47 Å². The lowest BCUT2D eigenvalue weighted by molar-refractivity contribution is 0.111. The molecule has 0 saturated heterocycles. The van der Waals surface area contributed by atoms with Crippen molar-refractivity contribution >= 4 is 5.96 Å². The minimum atomic E-state index is 0.196. The van der Waals surface area contributed by atoms with E-state index < -0.39 is 0 Å². The SMILES string of the molecule is CCCN=C(NN)N(CCOC)C(C)COC. The molecule has 0 aliphatic heterocycles. The first-order valence-corrected chi connectivity index (χ1v) is 5.96. The summed E-state index contributed by atoms with van der Waals surface area (Å²) < 4.78 is 10.3. The van der Waals surface area contributed by atoms with E-state index >= 15 is 0 Å². The molecule has 0 fully saturated rings. The lowest BCUT2D eigenvalue weighted by atomic mass is 10.3. The highest BCUT2D eigenvalue weighted by atomic mass is 16.5. The third-order valence-electron chi connectivity index (χ3n) is 2.36. The summed E-state index contributed by atoms with van der Waals surface area (Å²) >= 11 is 0. The summed E-state index contributed by atoms with van der Waals surface area (Å²) in [5.74, 6) is 6.20. The van der Waals surface area contributed by atoms with E-state index in [4.69, 9.17) is 15.3 Å². The predicted molar refractivity (Wildman–Crippen MR) is 69.8 cm³/mol. The first-order valence-electron chi connectivity index (χ1n) is 5.96. The molecule has 0 aliphatic rings. The van der Waals surface area contributed by atoms with Crippen LogP contribution >= 0.6 is 0 Å².